The summed E-state index contributed by atoms with van der Waals surface area (Å²) >= 11 is 0. The first-order valence-corrected chi connectivity index (χ1v) is 6.48. The molecule has 0 aromatic heterocycles. The van der Waals surface area contributed by atoms with Gasteiger partial charge in [0.05, 0.1) is 12.7 Å². The fourth-order valence-electron chi connectivity index (χ4n) is 1.44. The highest BCUT2D eigenvalue weighted by atomic mass is 16.5. The van der Waals surface area contributed by atoms with Gasteiger partial charge in [-0.15, -0.1) is 0 Å². The molecule has 0 aliphatic carbocycles. The Balaban J connectivity index is 3.79. The molecule has 0 rings (SSSR count). The smallest absolute Gasteiger partial charge is 0.115 e. The number of ether oxygens (including phenoxy) is 2. The Morgan fingerprint density at radius 2 is 2.06 bits per heavy atom. The molecule has 0 radical (unpaired) electrons. The highest BCUT2D eigenvalue weighted by Crippen LogP contribution is 2.04. The molecule has 0 aromatic carbocycles. The van der Waals surface area contributed by atoms with Crippen LogP contribution in [0.2, 0.25) is 0 Å². The number of rotatable bonds is 10. The van der Waals surface area contributed by atoms with Crippen LogP contribution in [0.3, 0.4) is 0 Å². The van der Waals surface area contributed by atoms with Crippen LogP contribution in [0.1, 0.15) is 40.0 Å². The van der Waals surface area contributed by atoms with E-state index in [2.05, 4.69) is 33.4 Å². The van der Waals surface area contributed by atoms with Crippen LogP contribution in [0.25, 0.3) is 0 Å². The third-order valence-corrected chi connectivity index (χ3v) is 2.25. The average Bonchev–Trinajstić information content (AvgIpc) is 2.31. The van der Waals surface area contributed by atoms with Crippen molar-refractivity contribution >= 4 is 0 Å². The predicted molar refractivity (Wildman–Crippen MR) is 74.0 cm³/mol. The maximum Gasteiger partial charge on any atom is 0.115 e. The molecule has 1 unspecified atom stereocenters. The van der Waals surface area contributed by atoms with Gasteiger partial charge in [-0.2, -0.15) is 0 Å². The minimum absolute atomic E-state index is 0.325. The topological polar surface area (TPSA) is 18.5 Å². The SMILES string of the molecule is C=CC=CC(=CCC)OCCOC(C)CCC. The van der Waals surface area contributed by atoms with E-state index in [1.807, 2.05) is 12.2 Å². The monoisotopic (exact) mass is 238 g/mol. The van der Waals surface area contributed by atoms with E-state index >= 15 is 0 Å². The Kier molecular flexibility index (Phi) is 10.8. The van der Waals surface area contributed by atoms with Gasteiger partial charge in [0.25, 0.3) is 0 Å². The van der Waals surface area contributed by atoms with Crippen LogP contribution in [0.5, 0.6) is 0 Å². The van der Waals surface area contributed by atoms with Gasteiger partial charge in [0.1, 0.15) is 12.4 Å². The minimum atomic E-state index is 0.325. The van der Waals surface area contributed by atoms with Gasteiger partial charge in [-0.3, -0.25) is 0 Å². The van der Waals surface area contributed by atoms with Crippen molar-refractivity contribution in [3.05, 3.63) is 36.6 Å². The van der Waals surface area contributed by atoms with Crippen LogP contribution in [0.4, 0.5) is 0 Å². The summed E-state index contributed by atoms with van der Waals surface area (Å²) in [6.45, 7) is 11.2. The summed E-state index contributed by atoms with van der Waals surface area (Å²) in [6.07, 6.45) is 11.1. The predicted octanol–water partition coefficient (Wildman–Crippen LogP) is 4.24. The second-order valence-electron chi connectivity index (χ2n) is 3.93. The zero-order valence-electron chi connectivity index (χ0n) is 11.4. The zero-order valence-corrected chi connectivity index (χ0v) is 11.4. The van der Waals surface area contributed by atoms with Crippen LogP contribution in [-0.2, 0) is 9.47 Å². The van der Waals surface area contributed by atoms with Gasteiger partial charge < -0.3 is 9.47 Å². The molecule has 0 N–H and O–H groups in total. The fraction of sp³-hybridized carbons (Fsp3) is 0.600. The van der Waals surface area contributed by atoms with E-state index in [1.165, 1.54) is 0 Å². The van der Waals surface area contributed by atoms with Gasteiger partial charge in [0.2, 0.25) is 0 Å². The van der Waals surface area contributed by atoms with Crippen molar-refractivity contribution in [1.29, 1.82) is 0 Å². The van der Waals surface area contributed by atoms with E-state index < -0.39 is 0 Å². The molecule has 0 aliphatic rings. The van der Waals surface area contributed by atoms with E-state index in [-0.39, 0.29) is 0 Å². The molecule has 0 fully saturated rings. The standard InChI is InChI=1S/C15H26O2/c1-5-8-11-15(10-7-3)17-13-12-16-14(4)9-6-2/h5,8,10-11,14H,1,6-7,9,12-13H2,2-4H3. The summed E-state index contributed by atoms with van der Waals surface area (Å²) < 4.78 is 11.2. The Labute approximate surface area is 106 Å². The lowest BCUT2D eigenvalue weighted by atomic mass is 10.2. The van der Waals surface area contributed by atoms with Gasteiger partial charge in [0.15, 0.2) is 0 Å². The van der Waals surface area contributed by atoms with Gasteiger partial charge in [-0.05, 0) is 31.9 Å². The molecule has 0 aliphatic heterocycles. The lowest BCUT2D eigenvalue weighted by molar-refractivity contribution is 0.0270. The third kappa shape index (κ3) is 9.88. The largest absolute Gasteiger partial charge is 0.492 e. The van der Waals surface area contributed by atoms with E-state index in [9.17, 15) is 0 Å². The molecule has 0 heterocycles. The molecule has 2 heteroatoms. The quantitative estimate of drug-likeness (QED) is 0.322. The first-order chi connectivity index (χ1) is 8.24. The second-order valence-corrected chi connectivity index (χ2v) is 3.93. The third-order valence-electron chi connectivity index (χ3n) is 2.25. The summed E-state index contributed by atoms with van der Waals surface area (Å²) in [5.74, 6) is 0.888. The van der Waals surface area contributed by atoms with Crippen molar-refractivity contribution in [1.82, 2.24) is 0 Å². The van der Waals surface area contributed by atoms with Crippen molar-refractivity contribution in [2.24, 2.45) is 0 Å². The summed E-state index contributed by atoms with van der Waals surface area (Å²) in [4.78, 5) is 0. The molecule has 0 aromatic rings. The summed E-state index contributed by atoms with van der Waals surface area (Å²) in [5, 5.41) is 0. The Bertz CT molecular complexity index is 241. The van der Waals surface area contributed by atoms with Crippen molar-refractivity contribution < 1.29 is 9.47 Å². The first kappa shape index (κ1) is 16.0. The summed E-state index contributed by atoms with van der Waals surface area (Å²) in [6, 6.07) is 0. The van der Waals surface area contributed by atoms with Crippen molar-refractivity contribution in [2.45, 2.75) is 46.1 Å². The average molecular weight is 238 g/mol. The van der Waals surface area contributed by atoms with Crippen molar-refractivity contribution in [2.75, 3.05) is 13.2 Å². The Morgan fingerprint density at radius 3 is 2.65 bits per heavy atom. The van der Waals surface area contributed by atoms with Crippen LogP contribution < -0.4 is 0 Å². The van der Waals surface area contributed by atoms with E-state index in [0.717, 1.165) is 25.0 Å². The van der Waals surface area contributed by atoms with Crippen molar-refractivity contribution in [3.8, 4) is 0 Å². The molecular formula is C15H26O2. The van der Waals surface area contributed by atoms with Gasteiger partial charge >= 0.3 is 0 Å². The normalized spacial score (nSPS) is 13.9. The molecule has 2 nitrogen and oxygen atoms in total. The molecule has 0 bridgehead atoms. The molecule has 0 amide bonds. The van der Waals surface area contributed by atoms with Crippen LogP contribution >= 0.6 is 0 Å². The number of hydrogen-bond donors (Lipinski definition) is 0. The Hall–Kier alpha value is -1.02. The first-order valence-electron chi connectivity index (χ1n) is 6.48. The van der Waals surface area contributed by atoms with Crippen LogP contribution in [0, 0.1) is 0 Å². The number of hydrogen-bond acceptors (Lipinski definition) is 2. The second kappa shape index (κ2) is 11.5. The van der Waals surface area contributed by atoms with Crippen molar-refractivity contribution in [3.63, 3.8) is 0 Å². The molecule has 98 valence electrons. The highest BCUT2D eigenvalue weighted by Gasteiger charge is 2.00. The number of allylic oxidation sites excluding steroid dienone is 4. The summed E-state index contributed by atoms with van der Waals surface area (Å²) in [5.41, 5.74) is 0. The zero-order chi connectivity index (χ0) is 12.9. The molecule has 1 atom stereocenters. The lowest BCUT2D eigenvalue weighted by Crippen LogP contribution is -2.12. The molecular weight excluding hydrogens is 212 g/mol. The lowest BCUT2D eigenvalue weighted by Gasteiger charge is -2.12. The van der Waals surface area contributed by atoms with Gasteiger partial charge in [-0.25, -0.2) is 0 Å². The van der Waals surface area contributed by atoms with E-state index in [0.29, 0.717) is 19.3 Å². The van der Waals surface area contributed by atoms with Crippen LogP contribution in [0.15, 0.2) is 36.6 Å². The van der Waals surface area contributed by atoms with Gasteiger partial charge in [-0.1, -0.05) is 39.0 Å². The highest BCUT2D eigenvalue weighted by molar-refractivity contribution is 5.15. The molecule has 0 spiro atoms. The fourth-order valence-corrected chi connectivity index (χ4v) is 1.44. The van der Waals surface area contributed by atoms with Crippen LogP contribution in [-0.4, -0.2) is 19.3 Å². The maximum atomic E-state index is 5.62. The summed E-state index contributed by atoms with van der Waals surface area (Å²) in [7, 11) is 0. The molecule has 0 saturated heterocycles. The molecule has 0 saturated carbocycles. The Morgan fingerprint density at radius 1 is 1.29 bits per heavy atom. The maximum absolute atomic E-state index is 5.62. The minimum Gasteiger partial charge on any atom is -0.492 e. The van der Waals surface area contributed by atoms with Gasteiger partial charge in [0, 0.05) is 0 Å². The molecule has 17 heavy (non-hydrogen) atoms. The van der Waals surface area contributed by atoms with E-state index in [1.54, 1.807) is 6.08 Å². The van der Waals surface area contributed by atoms with E-state index in [4.69, 9.17) is 9.47 Å².